The summed E-state index contributed by atoms with van der Waals surface area (Å²) in [6, 6.07) is 9.62. The van der Waals surface area contributed by atoms with Crippen LogP contribution < -0.4 is 29.6 Å². The van der Waals surface area contributed by atoms with E-state index in [9.17, 15) is 0 Å². The molecule has 2 aromatic rings. The van der Waals surface area contributed by atoms with Crippen molar-refractivity contribution in [3.05, 3.63) is 46.5 Å². The third kappa shape index (κ3) is 4.31. The van der Waals surface area contributed by atoms with E-state index in [1.807, 2.05) is 30.3 Å². The van der Waals surface area contributed by atoms with E-state index in [4.69, 9.17) is 42.8 Å². The fourth-order valence-corrected chi connectivity index (χ4v) is 3.30. The van der Waals surface area contributed by atoms with Gasteiger partial charge < -0.3 is 29.6 Å². The predicted octanol–water partition coefficient (Wildman–Crippen LogP) is 3.39. The van der Waals surface area contributed by atoms with Crippen molar-refractivity contribution in [3.63, 3.8) is 0 Å². The highest BCUT2D eigenvalue weighted by atomic mass is 35.5. The summed E-state index contributed by atoms with van der Waals surface area (Å²) < 4.78 is 22.1. The molecule has 2 aliphatic rings. The minimum Gasteiger partial charge on any atom is -0.489 e. The van der Waals surface area contributed by atoms with Crippen LogP contribution in [-0.4, -0.2) is 25.1 Å². The summed E-state index contributed by atoms with van der Waals surface area (Å²) in [6.07, 6.45) is 0.840. The first-order valence-corrected chi connectivity index (χ1v) is 9.46. The van der Waals surface area contributed by atoms with Crippen molar-refractivity contribution < 1.29 is 18.9 Å². The van der Waals surface area contributed by atoms with Crippen molar-refractivity contribution >= 4 is 28.9 Å². The molecule has 2 aromatic carbocycles. The third-order valence-corrected chi connectivity index (χ3v) is 4.77. The van der Waals surface area contributed by atoms with Gasteiger partial charge in [-0.15, -0.1) is 0 Å². The summed E-state index contributed by atoms with van der Waals surface area (Å²) in [6.45, 7) is 2.62. The maximum Gasteiger partial charge on any atom is 0.231 e. The number of halogens is 1. The van der Waals surface area contributed by atoms with E-state index < -0.39 is 0 Å². The monoisotopic (exact) mass is 406 g/mol. The van der Waals surface area contributed by atoms with E-state index in [0.29, 0.717) is 47.9 Å². The number of rotatable bonds is 4. The Labute approximate surface area is 167 Å². The van der Waals surface area contributed by atoms with Gasteiger partial charge in [0, 0.05) is 19.5 Å². The maximum atomic E-state index is 6.32. The number of ether oxygens (including phenoxy) is 4. The van der Waals surface area contributed by atoms with E-state index >= 15 is 0 Å². The van der Waals surface area contributed by atoms with E-state index in [0.717, 1.165) is 29.0 Å². The van der Waals surface area contributed by atoms with Crippen LogP contribution in [0.15, 0.2) is 30.3 Å². The summed E-state index contributed by atoms with van der Waals surface area (Å²) in [5, 5.41) is 7.46. The first-order valence-electron chi connectivity index (χ1n) is 8.67. The van der Waals surface area contributed by atoms with Crippen LogP contribution in [0.25, 0.3) is 0 Å². The Morgan fingerprint density at radius 1 is 0.889 bits per heavy atom. The highest BCUT2D eigenvalue weighted by Gasteiger charge is 2.16. The molecule has 0 aromatic heterocycles. The van der Waals surface area contributed by atoms with Crippen molar-refractivity contribution in [2.24, 2.45) is 0 Å². The Balaban J connectivity index is 1.31. The molecule has 27 heavy (non-hydrogen) atoms. The number of fused-ring (bicyclic) bond motifs is 2. The lowest BCUT2D eigenvalue weighted by molar-refractivity contribution is 0.174. The molecule has 0 bridgehead atoms. The van der Waals surface area contributed by atoms with Crippen LogP contribution >= 0.6 is 23.8 Å². The molecule has 0 radical (unpaired) electrons. The zero-order valence-corrected chi connectivity index (χ0v) is 16.1. The van der Waals surface area contributed by atoms with Gasteiger partial charge in [-0.1, -0.05) is 17.7 Å². The van der Waals surface area contributed by atoms with Crippen LogP contribution in [0.3, 0.4) is 0 Å². The van der Waals surface area contributed by atoms with Gasteiger partial charge in [0.05, 0.1) is 18.2 Å². The zero-order chi connectivity index (χ0) is 18.6. The van der Waals surface area contributed by atoms with Crippen LogP contribution in [0.2, 0.25) is 5.02 Å². The highest BCUT2D eigenvalue weighted by Crippen LogP contribution is 2.38. The van der Waals surface area contributed by atoms with Crippen molar-refractivity contribution in [1.29, 1.82) is 0 Å². The molecule has 142 valence electrons. The molecule has 0 fully saturated rings. The molecular weight excluding hydrogens is 388 g/mol. The van der Waals surface area contributed by atoms with Gasteiger partial charge in [0.25, 0.3) is 0 Å². The molecule has 8 heteroatoms. The lowest BCUT2D eigenvalue weighted by atomic mass is 10.2. The van der Waals surface area contributed by atoms with Gasteiger partial charge >= 0.3 is 0 Å². The van der Waals surface area contributed by atoms with Crippen molar-refractivity contribution in [2.45, 2.75) is 19.5 Å². The molecule has 0 saturated heterocycles. The molecule has 2 heterocycles. The number of hydrogen-bond acceptors (Lipinski definition) is 5. The van der Waals surface area contributed by atoms with Crippen LogP contribution in [0.1, 0.15) is 17.5 Å². The van der Waals surface area contributed by atoms with Crippen LogP contribution in [-0.2, 0) is 13.1 Å². The van der Waals surface area contributed by atoms with Gasteiger partial charge in [-0.05, 0) is 47.6 Å². The van der Waals surface area contributed by atoms with Crippen molar-refractivity contribution in [3.8, 4) is 23.0 Å². The third-order valence-electron chi connectivity index (χ3n) is 4.21. The van der Waals surface area contributed by atoms with Gasteiger partial charge in [0.1, 0.15) is 0 Å². The van der Waals surface area contributed by atoms with E-state index in [-0.39, 0.29) is 6.79 Å². The quantitative estimate of drug-likeness (QED) is 0.754. The average Bonchev–Trinajstić information content (AvgIpc) is 3.00. The Morgan fingerprint density at radius 3 is 2.52 bits per heavy atom. The molecule has 0 aliphatic carbocycles. The smallest absolute Gasteiger partial charge is 0.231 e. The summed E-state index contributed by atoms with van der Waals surface area (Å²) in [5.41, 5.74) is 2.03. The normalized spacial score (nSPS) is 14.4. The van der Waals surface area contributed by atoms with E-state index in [2.05, 4.69) is 10.6 Å². The Bertz CT molecular complexity index is 862. The minimum absolute atomic E-state index is 0.268. The summed E-state index contributed by atoms with van der Waals surface area (Å²) in [4.78, 5) is 0. The maximum absolute atomic E-state index is 6.32. The predicted molar refractivity (Wildman–Crippen MR) is 106 cm³/mol. The zero-order valence-electron chi connectivity index (χ0n) is 14.5. The molecule has 2 aliphatic heterocycles. The summed E-state index contributed by atoms with van der Waals surface area (Å²) >= 11 is 11.7. The second kappa shape index (κ2) is 8.10. The largest absolute Gasteiger partial charge is 0.489 e. The molecule has 6 nitrogen and oxygen atoms in total. The molecule has 4 rings (SSSR count). The van der Waals surface area contributed by atoms with Gasteiger partial charge in [0.2, 0.25) is 6.79 Å². The number of benzene rings is 2. The van der Waals surface area contributed by atoms with Gasteiger partial charge in [-0.3, -0.25) is 0 Å². The van der Waals surface area contributed by atoms with Crippen molar-refractivity contribution in [1.82, 2.24) is 10.6 Å². The second-order valence-electron chi connectivity index (χ2n) is 6.18. The fraction of sp³-hybridized carbons (Fsp3) is 0.316. The van der Waals surface area contributed by atoms with Gasteiger partial charge in [-0.25, -0.2) is 0 Å². The molecular formula is C19H19ClN2O4S. The molecule has 0 atom stereocenters. The lowest BCUT2D eigenvalue weighted by Gasteiger charge is -2.14. The minimum atomic E-state index is 0.268. The van der Waals surface area contributed by atoms with Gasteiger partial charge in [-0.2, -0.15) is 0 Å². The lowest BCUT2D eigenvalue weighted by Crippen LogP contribution is -2.34. The summed E-state index contributed by atoms with van der Waals surface area (Å²) in [7, 11) is 0. The second-order valence-corrected chi connectivity index (χ2v) is 6.99. The number of hydrogen-bond donors (Lipinski definition) is 2. The topological polar surface area (TPSA) is 61.0 Å². The number of thiocarbonyl (C=S) groups is 1. The Morgan fingerprint density at radius 2 is 1.63 bits per heavy atom. The van der Waals surface area contributed by atoms with Crippen LogP contribution in [0.4, 0.5) is 0 Å². The fourth-order valence-electron chi connectivity index (χ4n) is 2.86. The first kappa shape index (κ1) is 18.0. The van der Waals surface area contributed by atoms with Crippen LogP contribution in [0.5, 0.6) is 23.0 Å². The van der Waals surface area contributed by atoms with E-state index in [1.165, 1.54) is 0 Å². The molecule has 2 N–H and O–H groups in total. The molecule has 0 unspecified atom stereocenters. The Kier molecular flexibility index (Phi) is 5.40. The molecule has 0 saturated carbocycles. The van der Waals surface area contributed by atoms with E-state index in [1.54, 1.807) is 0 Å². The SMILES string of the molecule is S=C(NCc1ccc2c(c1)OCO2)NCc1cc(Cl)c2c(c1)OCCCO2. The highest BCUT2D eigenvalue weighted by molar-refractivity contribution is 7.80. The van der Waals surface area contributed by atoms with Crippen LogP contribution in [0, 0.1) is 0 Å². The standard InChI is InChI=1S/C19H19ClN2O4S/c20-14-6-13(8-17-18(14)24-5-1-4-23-17)10-22-19(27)21-9-12-2-3-15-16(7-12)26-11-25-15/h2-3,6-8H,1,4-5,9-11H2,(H2,21,22,27). The molecule has 0 amide bonds. The van der Waals surface area contributed by atoms with Gasteiger partial charge in [0.15, 0.2) is 28.1 Å². The molecule has 0 spiro atoms. The van der Waals surface area contributed by atoms with Crippen molar-refractivity contribution in [2.75, 3.05) is 20.0 Å². The summed E-state index contributed by atoms with van der Waals surface area (Å²) in [5.74, 6) is 2.82. The average molecular weight is 407 g/mol. The Hall–Kier alpha value is -2.38. The first-order chi connectivity index (χ1) is 13.2. The number of nitrogens with one attached hydrogen (secondary N) is 2.